The van der Waals surface area contributed by atoms with E-state index in [2.05, 4.69) is 27.1 Å². The Kier molecular flexibility index (Phi) is 7.82. The average molecular weight is 390 g/mol. The summed E-state index contributed by atoms with van der Waals surface area (Å²) in [6, 6.07) is 17.4. The van der Waals surface area contributed by atoms with Gasteiger partial charge in [0.25, 0.3) is 5.91 Å². The van der Waals surface area contributed by atoms with Crippen LogP contribution in [-0.2, 0) is 16.4 Å². The van der Waals surface area contributed by atoms with Crippen LogP contribution in [0.3, 0.4) is 0 Å². The highest BCUT2D eigenvalue weighted by Gasteiger charge is 2.06. The maximum absolute atomic E-state index is 12.2. The molecule has 146 valence electrons. The van der Waals surface area contributed by atoms with Gasteiger partial charge in [-0.05, 0) is 42.7 Å². The number of rotatable bonds is 10. The minimum Gasteiger partial charge on any atom is -0.375 e. The fourth-order valence-electron chi connectivity index (χ4n) is 2.64. The summed E-state index contributed by atoms with van der Waals surface area (Å²) in [5, 5.41) is 2.93. The molecule has 7 heteroatoms. The highest BCUT2D eigenvalue weighted by Crippen LogP contribution is 2.11. The molecule has 0 aliphatic carbocycles. The molecular formula is C20H27N3O3S. The third-order valence-corrected chi connectivity index (χ3v) is 4.88. The van der Waals surface area contributed by atoms with E-state index in [0.29, 0.717) is 25.1 Å². The Balaban J connectivity index is 1.71. The van der Waals surface area contributed by atoms with Crippen LogP contribution in [0.15, 0.2) is 54.6 Å². The molecule has 0 aromatic heterocycles. The maximum Gasteiger partial charge on any atom is 0.251 e. The SMILES string of the molecule is CN(CCCNC(=O)c1ccc(CCNS(C)(=O)=O)cc1)c1ccccc1. The molecule has 0 saturated heterocycles. The lowest BCUT2D eigenvalue weighted by Gasteiger charge is -2.19. The van der Waals surface area contributed by atoms with E-state index in [0.717, 1.165) is 30.5 Å². The van der Waals surface area contributed by atoms with Gasteiger partial charge in [0, 0.05) is 37.9 Å². The Labute approximate surface area is 161 Å². The summed E-state index contributed by atoms with van der Waals surface area (Å²) < 4.78 is 24.5. The lowest BCUT2D eigenvalue weighted by atomic mass is 10.1. The number of carbonyl (C=O) groups is 1. The van der Waals surface area contributed by atoms with E-state index in [1.165, 1.54) is 0 Å². The zero-order valence-corrected chi connectivity index (χ0v) is 16.6. The molecule has 0 heterocycles. The summed E-state index contributed by atoms with van der Waals surface area (Å²) in [4.78, 5) is 14.4. The normalized spacial score (nSPS) is 11.2. The van der Waals surface area contributed by atoms with Crippen molar-refractivity contribution in [3.63, 3.8) is 0 Å². The van der Waals surface area contributed by atoms with Gasteiger partial charge < -0.3 is 10.2 Å². The first-order chi connectivity index (χ1) is 12.8. The van der Waals surface area contributed by atoms with Crippen molar-refractivity contribution in [1.29, 1.82) is 0 Å². The molecule has 27 heavy (non-hydrogen) atoms. The van der Waals surface area contributed by atoms with Crippen LogP contribution in [0, 0.1) is 0 Å². The molecule has 0 fully saturated rings. The zero-order chi connectivity index (χ0) is 19.7. The first-order valence-electron chi connectivity index (χ1n) is 8.93. The molecule has 2 aromatic carbocycles. The lowest BCUT2D eigenvalue weighted by Crippen LogP contribution is -2.28. The van der Waals surface area contributed by atoms with Crippen molar-refractivity contribution in [2.45, 2.75) is 12.8 Å². The van der Waals surface area contributed by atoms with Gasteiger partial charge >= 0.3 is 0 Å². The molecule has 0 unspecified atom stereocenters. The summed E-state index contributed by atoms with van der Waals surface area (Å²) in [6.45, 7) is 1.81. The van der Waals surface area contributed by atoms with Crippen LogP contribution in [0.1, 0.15) is 22.3 Å². The van der Waals surface area contributed by atoms with Crippen LogP contribution < -0.4 is 14.9 Å². The monoisotopic (exact) mass is 389 g/mol. The van der Waals surface area contributed by atoms with Gasteiger partial charge in [-0.3, -0.25) is 4.79 Å². The second-order valence-corrected chi connectivity index (χ2v) is 8.31. The third-order valence-electron chi connectivity index (χ3n) is 4.15. The second kappa shape index (κ2) is 10.1. The predicted octanol–water partition coefficient (Wildman–Crippen LogP) is 2.03. The summed E-state index contributed by atoms with van der Waals surface area (Å²) in [5.41, 5.74) is 2.74. The van der Waals surface area contributed by atoms with E-state index >= 15 is 0 Å². The molecule has 6 nitrogen and oxygen atoms in total. The third kappa shape index (κ3) is 7.80. The van der Waals surface area contributed by atoms with Crippen LogP contribution in [0.2, 0.25) is 0 Å². The van der Waals surface area contributed by atoms with Crippen molar-refractivity contribution in [3.05, 3.63) is 65.7 Å². The lowest BCUT2D eigenvalue weighted by molar-refractivity contribution is 0.0953. The largest absolute Gasteiger partial charge is 0.375 e. The average Bonchev–Trinajstić information content (AvgIpc) is 2.65. The molecular weight excluding hydrogens is 362 g/mol. The van der Waals surface area contributed by atoms with Crippen LogP contribution in [-0.4, -0.2) is 47.3 Å². The number of hydrogen-bond acceptors (Lipinski definition) is 4. The first kappa shape index (κ1) is 20.9. The van der Waals surface area contributed by atoms with Crippen LogP contribution in [0.25, 0.3) is 0 Å². The topological polar surface area (TPSA) is 78.5 Å². The number of para-hydroxylation sites is 1. The van der Waals surface area contributed by atoms with Gasteiger partial charge in [0.1, 0.15) is 0 Å². The molecule has 0 bridgehead atoms. The van der Waals surface area contributed by atoms with E-state index in [-0.39, 0.29) is 5.91 Å². The molecule has 2 N–H and O–H groups in total. The molecule has 2 aromatic rings. The smallest absolute Gasteiger partial charge is 0.251 e. The fraction of sp³-hybridized carbons (Fsp3) is 0.350. The molecule has 0 spiro atoms. The van der Waals surface area contributed by atoms with Gasteiger partial charge in [-0.25, -0.2) is 13.1 Å². The number of carbonyl (C=O) groups excluding carboxylic acids is 1. The predicted molar refractivity (Wildman–Crippen MR) is 110 cm³/mol. The van der Waals surface area contributed by atoms with Crippen molar-refractivity contribution in [2.24, 2.45) is 0 Å². The van der Waals surface area contributed by atoms with Crippen LogP contribution >= 0.6 is 0 Å². The van der Waals surface area contributed by atoms with Gasteiger partial charge in [-0.15, -0.1) is 0 Å². The van der Waals surface area contributed by atoms with Crippen molar-refractivity contribution in [3.8, 4) is 0 Å². The van der Waals surface area contributed by atoms with Crippen LogP contribution in [0.5, 0.6) is 0 Å². The molecule has 0 atom stereocenters. The van der Waals surface area contributed by atoms with E-state index in [1.54, 1.807) is 12.1 Å². The summed E-state index contributed by atoms with van der Waals surface area (Å²) >= 11 is 0. The number of sulfonamides is 1. The van der Waals surface area contributed by atoms with Gasteiger partial charge in [0.2, 0.25) is 10.0 Å². The molecule has 0 saturated carbocycles. The standard InChI is InChI=1S/C20H27N3O3S/c1-23(19-7-4-3-5-8-19)16-6-14-21-20(24)18-11-9-17(10-12-18)13-15-22-27(2,25)26/h3-5,7-12,22H,6,13-16H2,1-2H3,(H,21,24). The van der Waals surface area contributed by atoms with Gasteiger partial charge in [0.05, 0.1) is 6.26 Å². The number of benzene rings is 2. The molecule has 0 radical (unpaired) electrons. The minimum atomic E-state index is -3.17. The van der Waals surface area contributed by atoms with Crippen molar-refractivity contribution >= 4 is 21.6 Å². The number of nitrogens with zero attached hydrogens (tertiary/aromatic N) is 1. The molecule has 0 aliphatic rings. The first-order valence-corrected chi connectivity index (χ1v) is 10.8. The Morgan fingerprint density at radius 1 is 1.00 bits per heavy atom. The van der Waals surface area contributed by atoms with Gasteiger partial charge in [-0.2, -0.15) is 0 Å². The number of hydrogen-bond donors (Lipinski definition) is 2. The zero-order valence-electron chi connectivity index (χ0n) is 15.8. The quantitative estimate of drug-likeness (QED) is 0.610. The Bertz CT molecular complexity index is 821. The number of nitrogens with one attached hydrogen (secondary N) is 2. The van der Waals surface area contributed by atoms with E-state index in [1.807, 2.05) is 37.4 Å². The summed E-state index contributed by atoms with van der Waals surface area (Å²) in [5.74, 6) is -0.0989. The van der Waals surface area contributed by atoms with Crippen molar-refractivity contribution < 1.29 is 13.2 Å². The van der Waals surface area contributed by atoms with Gasteiger partial charge in [0.15, 0.2) is 0 Å². The number of anilines is 1. The van der Waals surface area contributed by atoms with Crippen LogP contribution in [0.4, 0.5) is 5.69 Å². The van der Waals surface area contributed by atoms with E-state index < -0.39 is 10.0 Å². The summed E-state index contributed by atoms with van der Waals surface area (Å²) in [6.07, 6.45) is 2.57. The molecule has 1 amide bonds. The highest BCUT2D eigenvalue weighted by molar-refractivity contribution is 7.88. The molecule has 0 aliphatic heterocycles. The fourth-order valence-corrected chi connectivity index (χ4v) is 3.11. The second-order valence-electron chi connectivity index (χ2n) is 6.48. The Morgan fingerprint density at radius 2 is 1.67 bits per heavy atom. The van der Waals surface area contributed by atoms with Crippen molar-refractivity contribution in [1.82, 2.24) is 10.0 Å². The highest BCUT2D eigenvalue weighted by atomic mass is 32.2. The Hall–Kier alpha value is -2.38. The van der Waals surface area contributed by atoms with E-state index in [4.69, 9.17) is 0 Å². The maximum atomic E-state index is 12.2. The van der Waals surface area contributed by atoms with E-state index in [9.17, 15) is 13.2 Å². The summed E-state index contributed by atoms with van der Waals surface area (Å²) in [7, 11) is -1.13. The van der Waals surface area contributed by atoms with Gasteiger partial charge in [-0.1, -0.05) is 30.3 Å². The minimum absolute atomic E-state index is 0.0989. The number of amides is 1. The van der Waals surface area contributed by atoms with Crippen molar-refractivity contribution in [2.75, 3.05) is 37.8 Å². The molecule has 2 rings (SSSR count). The Morgan fingerprint density at radius 3 is 2.30 bits per heavy atom.